The molecule has 18 heavy (non-hydrogen) atoms. The first-order chi connectivity index (χ1) is 8.65. The maximum atomic E-state index is 12.1. The molecule has 100 valence electrons. The van der Waals surface area contributed by atoms with Crippen LogP contribution in [0, 0.1) is 0 Å². The fourth-order valence-electron chi connectivity index (χ4n) is 1.83. The van der Waals surface area contributed by atoms with Crippen LogP contribution in [0.25, 0.3) is 0 Å². The Labute approximate surface area is 105 Å². The van der Waals surface area contributed by atoms with Crippen molar-refractivity contribution in [3.63, 3.8) is 0 Å². The molecule has 1 heterocycles. The molecule has 0 aliphatic heterocycles. The number of aliphatic hydroxyl groups is 3. The normalized spacial score (nSPS) is 15.7. The summed E-state index contributed by atoms with van der Waals surface area (Å²) < 4.78 is 1.88. The minimum Gasteiger partial charge on any atom is -0.394 e. The van der Waals surface area contributed by atoms with Crippen LogP contribution in [0.15, 0.2) is 18.3 Å². The Morgan fingerprint density at radius 3 is 2.44 bits per heavy atom. The van der Waals surface area contributed by atoms with Gasteiger partial charge in [-0.15, -0.1) is 0 Å². The van der Waals surface area contributed by atoms with Crippen molar-refractivity contribution >= 4 is 5.91 Å². The number of carbonyl (C=O) groups excluding carboxylic acids is 1. The van der Waals surface area contributed by atoms with Gasteiger partial charge in [-0.25, -0.2) is 0 Å². The molecule has 0 unspecified atom stereocenters. The van der Waals surface area contributed by atoms with E-state index in [1.807, 2.05) is 10.8 Å². The topological polar surface area (TPSA) is 94.7 Å². The Hall–Kier alpha value is -1.37. The monoisotopic (exact) mass is 254 g/mol. The van der Waals surface area contributed by atoms with Crippen molar-refractivity contribution in [3.05, 3.63) is 24.0 Å². The summed E-state index contributed by atoms with van der Waals surface area (Å²) in [6, 6.07) is 3.84. The van der Waals surface area contributed by atoms with Crippen LogP contribution in [0.4, 0.5) is 0 Å². The molecule has 1 aromatic heterocycles. The molecular formula is C12H18N2O4. The van der Waals surface area contributed by atoms with E-state index in [-0.39, 0.29) is 0 Å². The first kappa shape index (κ1) is 13.1. The lowest BCUT2D eigenvalue weighted by molar-refractivity contribution is 0.0371. The molecule has 6 nitrogen and oxygen atoms in total. The average Bonchev–Trinajstić information content (AvgIpc) is 3.13. The zero-order chi connectivity index (χ0) is 13.2. The highest BCUT2D eigenvalue weighted by molar-refractivity contribution is 5.93. The van der Waals surface area contributed by atoms with Crippen molar-refractivity contribution in [1.82, 2.24) is 9.88 Å². The van der Waals surface area contributed by atoms with E-state index in [9.17, 15) is 20.1 Å². The van der Waals surface area contributed by atoms with Gasteiger partial charge in [0, 0.05) is 12.2 Å². The molecule has 6 heteroatoms. The van der Waals surface area contributed by atoms with Crippen molar-refractivity contribution in [1.29, 1.82) is 0 Å². The molecular weight excluding hydrogens is 236 g/mol. The second kappa shape index (κ2) is 5.09. The maximum Gasteiger partial charge on any atom is 0.268 e. The number of aromatic nitrogens is 1. The van der Waals surface area contributed by atoms with Crippen LogP contribution < -0.4 is 5.32 Å². The number of hydrogen-bond donors (Lipinski definition) is 4. The molecule has 4 N–H and O–H groups in total. The molecule has 2 rings (SSSR count). The van der Waals surface area contributed by atoms with E-state index in [2.05, 4.69) is 5.32 Å². The third kappa shape index (κ3) is 2.40. The van der Waals surface area contributed by atoms with E-state index < -0.39 is 31.3 Å². The van der Waals surface area contributed by atoms with Gasteiger partial charge in [0.15, 0.2) is 0 Å². The van der Waals surface area contributed by atoms with Crippen LogP contribution in [-0.2, 0) is 0 Å². The summed E-state index contributed by atoms with van der Waals surface area (Å²) in [5.41, 5.74) is -0.896. The lowest BCUT2D eigenvalue weighted by Crippen LogP contribution is -2.57. The molecule has 1 amide bonds. The molecule has 0 saturated heterocycles. The third-order valence-electron chi connectivity index (χ3n) is 3.24. The summed E-state index contributed by atoms with van der Waals surface area (Å²) in [6.45, 7) is -1.55. The first-order valence-corrected chi connectivity index (χ1v) is 5.98. The zero-order valence-corrected chi connectivity index (χ0v) is 10.0. The zero-order valence-electron chi connectivity index (χ0n) is 10.0. The summed E-state index contributed by atoms with van der Waals surface area (Å²) in [5.74, 6) is -0.399. The van der Waals surface area contributed by atoms with Gasteiger partial charge in [-0.05, 0) is 25.0 Å². The molecule has 1 aliphatic rings. The van der Waals surface area contributed by atoms with E-state index in [0.29, 0.717) is 11.7 Å². The number of hydrogen-bond acceptors (Lipinski definition) is 4. The van der Waals surface area contributed by atoms with Crippen LogP contribution in [0.2, 0.25) is 0 Å². The molecule has 0 atom stereocenters. The molecule has 1 saturated carbocycles. The number of amides is 1. The van der Waals surface area contributed by atoms with Crippen molar-refractivity contribution in [2.45, 2.75) is 24.4 Å². The van der Waals surface area contributed by atoms with Crippen molar-refractivity contribution in [2.24, 2.45) is 0 Å². The highest BCUT2D eigenvalue weighted by Gasteiger charge is 2.33. The van der Waals surface area contributed by atoms with Gasteiger partial charge >= 0.3 is 0 Å². The molecule has 0 bridgehead atoms. The predicted molar refractivity (Wildman–Crippen MR) is 64.2 cm³/mol. The summed E-state index contributed by atoms with van der Waals surface area (Å²) in [6.07, 6.45) is 3.95. The van der Waals surface area contributed by atoms with Gasteiger partial charge in [0.2, 0.25) is 0 Å². The van der Waals surface area contributed by atoms with Crippen molar-refractivity contribution in [2.75, 3.05) is 19.8 Å². The molecule has 1 aromatic rings. The molecule has 0 aromatic carbocycles. The number of nitrogens with one attached hydrogen (secondary N) is 1. The van der Waals surface area contributed by atoms with Crippen LogP contribution in [-0.4, -0.2) is 51.2 Å². The Kier molecular flexibility index (Phi) is 3.70. The molecule has 1 aliphatic carbocycles. The molecule has 1 fully saturated rings. The van der Waals surface area contributed by atoms with Gasteiger partial charge in [0.05, 0.1) is 19.8 Å². The van der Waals surface area contributed by atoms with Gasteiger partial charge in [-0.1, -0.05) is 0 Å². The van der Waals surface area contributed by atoms with E-state index in [1.165, 1.54) is 0 Å². The van der Waals surface area contributed by atoms with E-state index in [1.54, 1.807) is 12.1 Å². The number of nitrogens with zero attached hydrogens (tertiary/aromatic N) is 1. The van der Waals surface area contributed by atoms with E-state index in [0.717, 1.165) is 12.8 Å². The van der Waals surface area contributed by atoms with Gasteiger partial charge < -0.3 is 25.2 Å². The Morgan fingerprint density at radius 2 is 1.94 bits per heavy atom. The SMILES string of the molecule is O=C(NC(CO)(CO)CO)c1cccn1C1CC1. The summed E-state index contributed by atoms with van der Waals surface area (Å²) in [5, 5.41) is 30.0. The van der Waals surface area contributed by atoms with Gasteiger partial charge in [-0.2, -0.15) is 0 Å². The van der Waals surface area contributed by atoms with Crippen molar-refractivity contribution in [3.8, 4) is 0 Å². The number of carbonyl (C=O) groups is 1. The van der Waals surface area contributed by atoms with E-state index >= 15 is 0 Å². The first-order valence-electron chi connectivity index (χ1n) is 5.98. The van der Waals surface area contributed by atoms with Gasteiger partial charge in [-0.3, -0.25) is 4.79 Å². The summed E-state index contributed by atoms with van der Waals surface area (Å²) in [4.78, 5) is 12.1. The minimum absolute atomic E-state index is 0.368. The lowest BCUT2D eigenvalue weighted by Gasteiger charge is -2.28. The highest BCUT2D eigenvalue weighted by atomic mass is 16.3. The minimum atomic E-state index is -1.38. The lowest BCUT2D eigenvalue weighted by atomic mass is 10.0. The largest absolute Gasteiger partial charge is 0.394 e. The van der Waals surface area contributed by atoms with Crippen molar-refractivity contribution < 1.29 is 20.1 Å². The quantitative estimate of drug-likeness (QED) is 0.538. The molecule has 0 spiro atoms. The fraction of sp³-hybridized carbons (Fsp3) is 0.583. The van der Waals surface area contributed by atoms with Crippen LogP contribution in [0.3, 0.4) is 0 Å². The number of rotatable bonds is 6. The summed E-state index contributed by atoms with van der Waals surface area (Å²) in [7, 11) is 0. The number of aliphatic hydroxyl groups excluding tert-OH is 3. The second-order valence-corrected chi connectivity index (χ2v) is 4.74. The van der Waals surface area contributed by atoms with Crippen LogP contribution in [0.1, 0.15) is 29.4 Å². The second-order valence-electron chi connectivity index (χ2n) is 4.74. The Balaban J connectivity index is 2.13. The molecule has 0 radical (unpaired) electrons. The average molecular weight is 254 g/mol. The van der Waals surface area contributed by atoms with Gasteiger partial charge in [0.25, 0.3) is 5.91 Å². The predicted octanol–water partition coefficient (Wildman–Crippen LogP) is -0.732. The van der Waals surface area contributed by atoms with Gasteiger partial charge in [0.1, 0.15) is 11.2 Å². The van der Waals surface area contributed by atoms with Crippen LogP contribution >= 0.6 is 0 Å². The Bertz CT molecular complexity index is 413. The highest BCUT2D eigenvalue weighted by Crippen LogP contribution is 2.36. The fourth-order valence-corrected chi connectivity index (χ4v) is 1.83. The smallest absolute Gasteiger partial charge is 0.268 e. The Morgan fingerprint density at radius 1 is 1.33 bits per heavy atom. The standard InChI is InChI=1S/C12H18N2O4/c15-6-12(7-16,8-17)13-11(18)10-2-1-5-14(10)9-3-4-9/h1-2,5,9,15-17H,3-4,6-8H2,(H,13,18). The van der Waals surface area contributed by atoms with E-state index in [4.69, 9.17) is 0 Å². The summed E-state index contributed by atoms with van der Waals surface area (Å²) >= 11 is 0. The maximum absolute atomic E-state index is 12.1. The third-order valence-corrected chi connectivity index (χ3v) is 3.24. The van der Waals surface area contributed by atoms with Crippen LogP contribution in [0.5, 0.6) is 0 Å².